The van der Waals surface area contributed by atoms with Gasteiger partial charge >= 0.3 is 5.97 Å². The summed E-state index contributed by atoms with van der Waals surface area (Å²) in [7, 11) is 0. The third-order valence-corrected chi connectivity index (χ3v) is 1.43. The minimum Gasteiger partial charge on any atom is -0.479 e. The number of carbonyl (C=O) groups is 1. The van der Waals surface area contributed by atoms with Gasteiger partial charge in [0, 0.05) is 0 Å². The number of rotatable bonds is 5. The second kappa shape index (κ2) is 4.42. The summed E-state index contributed by atoms with van der Waals surface area (Å²) in [6, 6.07) is 0. The Labute approximate surface area is 72.2 Å². The van der Waals surface area contributed by atoms with Gasteiger partial charge in [-0.1, -0.05) is 0 Å². The predicted molar refractivity (Wildman–Crippen MR) is 44.0 cm³/mol. The van der Waals surface area contributed by atoms with Crippen LogP contribution in [0.5, 0.6) is 0 Å². The summed E-state index contributed by atoms with van der Waals surface area (Å²) < 4.78 is 4.92. The fraction of sp³-hybridized carbons (Fsp3) is 0.875. The van der Waals surface area contributed by atoms with E-state index in [0.717, 1.165) is 0 Å². The molecule has 0 radical (unpaired) electrons. The van der Waals surface area contributed by atoms with Crippen molar-refractivity contribution in [1.82, 2.24) is 0 Å². The zero-order valence-electron chi connectivity index (χ0n) is 7.70. The molecule has 4 nitrogen and oxygen atoms in total. The predicted octanol–water partition coefficient (Wildman–Crippen LogP) is 0.637. The summed E-state index contributed by atoms with van der Waals surface area (Å²) in [6.45, 7) is 5.03. The van der Waals surface area contributed by atoms with Gasteiger partial charge in [0.15, 0.2) is 6.10 Å². The van der Waals surface area contributed by atoms with Crippen LogP contribution in [-0.2, 0) is 9.53 Å². The molecule has 0 aliphatic rings. The average Bonchev–Trinajstić information content (AvgIpc) is 1.84. The van der Waals surface area contributed by atoms with E-state index >= 15 is 0 Å². The molecule has 0 amide bonds. The lowest BCUT2D eigenvalue weighted by molar-refractivity contribution is -0.150. The van der Waals surface area contributed by atoms with Crippen molar-refractivity contribution < 1.29 is 19.7 Å². The summed E-state index contributed by atoms with van der Waals surface area (Å²) in [5.74, 6) is -0.981. The highest BCUT2D eigenvalue weighted by Gasteiger charge is 2.15. The molecule has 0 spiro atoms. The molecule has 0 unspecified atom stereocenters. The molecule has 0 aromatic heterocycles. The molecule has 4 heteroatoms. The molecule has 0 aliphatic heterocycles. The summed E-state index contributed by atoms with van der Waals surface area (Å²) >= 11 is 0. The quantitative estimate of drug-likeness (QED) is 0.645. The molecule has 2 N–H and O–H groups in total. The van der Waals surface area contributed by atoms with Crippen LogP contribution in [0.25, 0.3) is 0 Å². The van der Waals surface area contributed by atoms with Crippen molar-refractivity contribution in [3.05, 3.63) is 0 Å². The van der Waals surface area contributed by atoms with Crippen molar-refractivity contribution >= 4 is 5.97 Å². The third-order valence-electron chi connectivity index (χ3n) is 1.43. The Kier molecular flexibility index (Phi) is 4.20. The maximum Gasteiger partial charge on any atom is 0.332 e. The largest absolute Gasteiger partial charge is 0.479 e. The molecule has 1 atom stereocenters. The number of hydrogen-bond donors (Lipinski definition) is 2. The topological polar surface area (TPSA) is 66.8 Å². The Morgan fingerprint density at radius 3 is 2.42 bits per heavy atom. The second-order valence-corrected chi connectivity index (χ2v) is 3.41. The summed E-state index contributed by atoms with van der Waals surface area (Å²) in [4.78, 5) is 10.3. The molecular formula is C8H16O4. The Hall–Kier alpha value is -0.610. The Balaban J connectivity index is 3.51. The lowest BCUT2D eigenvalue weighted by Gasteiger charge is -2.17. The summed E-state index contributed by atoms with van der Waals surface area (Å²) in [6.07, 6.45) is -0.364. The van der Waals surface area contributed by atoms with Crippen LogP contribution in [0.1, 0.15) is 27.2 Å². The Morgan fingerprint density at radius 2 is 2.08 bits per heavy atom. The first-order valence-electron chi connectivity index (χ1n) is 3.90. The molecule has 0 rings (SSSR count). The molecule has 0 aliphatic carbocycles. The molecule has 0 bridgehead atoms. The molecule has 12 heavy (non-hydrogen) atoms. The van der Waals surface area contributed by atoms with Crippen LogP contribution in [0.2, 0.25) is 0 Å². The first-order chi connectivity index (χ1) is 5.33. The van der Waals surface area contributed by atoms with E-state index in [9.17, 15) is 9.90 Å². The fourth-order valence-corrected chi connectivity index (χ4v) is 0.557. The lowest BCUT2D eigenvalue weighted by atomic mass is 10.1. The van der Waals surface area contributed by atoms with Crippen LogP contribution in [0.3, 0.4) is 0 Å². The second-order valence-electron chi connectivity index (χ2n) is 3.41. The number of ether oxygens (including phenoxy) is 1. The number of carboxylic acids is 1. The van der Waals surface area contributed by atoms with Crippen LogP contribution in [0.4, 0.5) is 0 Å². The highest BCUT2D eigenvalue weighted by molar-refractivity contribution is 5.71. The van der Waals surface area contributed by atoms with Crippen molar-refractivity contribution in [3.8, 4) is 0 Å². The number of aliphatic carboxylic acids is 1. The molecule has 72 valence electrons. The van der Waals surface area contributed by atoms with Gasteiger partial charge in [-0.2, -0.15) is 0 Å². The van der Waals surface area contributed by atoms with Gasteiger partial charge in [-0.15, -0.1) is 0 Å². The molecule has 0 aromatic carbocycles. The zero-order chi connectivity index (χ0) is 9.78. The number of aliphatic hydroxyl groups is 1. The third kappa shape index (κ3) is 6.12. The minimum atomic E-state index is -0.981. The highest BCUT2D eigenvalue weighted by atomic mass is 16.5. The summed E-state index contributed by atoms with van der Waals surface area (Å²) in [5, 5.41) is 17.7. The van der Waals surface area contributed by atoms with Crippen molar-refractivity contribution in [2.75, 3.05) is 6.61 Å². The van der Waals surface area contributed by atoms with Crippen molar-refractivity contribution in [3.63, 3.8) is 0 Å². The van der Waals surface area contributed by atoms with E-state index in [0.29, 0.717) is 6.42 Å². The van der Waals surface area contributed by atoms with Crippen molar-refractivity contribution in [2.24, 2.45) is 0 Å². The lowest BCUT2D eigenvalue weighted by Crippen LogP contribution is -2.25. The standard InChI is InChI=1S/C8H16O4/c1-6(7(9)10)12-5-4-8(2,3)11/h6,11H,4-5H2,1-3H3,(H,9,10)/t6-/m0/s1. The molecule has 0 heterocycles. The molecule has 0 fully saturated rings. The normalized spacial score (nSPS) is 14.3. The fourth-order valence-electron chi connectivity index (χ4n) is 0.557. The summed E-state index contributed by atoms with van der Waals surface area (Å²) in [5.41, 5.74) is -0.793. The SMILES string of the molecule is C[C@H](OCCC(C)(C)O)C(=O)O. The van der Waals surface area contributed by atoms with E-state index in [1.807, 2.05) is 0 Å². The average molecular weight is 176 g/mol. The van der Waals surface area contributed by atoms with E-state index in [1.54, 1.807) is 13.8 Å². The maximum atomic E-state index is 10.3. The first kappa shape index (κ1) is 11.4. The van der Waals surface area contributed by atoms with Gasteiger partial charge in [0.2, 0.25) is 0 Å². The molecule has 0 saturated heterocycles. The van der Waals surface area contributed by atoms with Gasteiger partial charge in [0.1, 0.15) is 0 Å². The monoisotopic (exact) mass is 176 g/mol. The van der Waals surface area contributed by atoms with Crippen LogP contribution < -0.4 is 0 Å². The Morgan fingerprint density at radius 1 is 1.58 bits per heavy atom. The van der Waals surface area contributed by atoms with Crippen LogP contribution >= 0.6 is 0 Å². The van der Waals surface area contributed by atoms with E-state index < -0.39 is 17.7 Å². The van der Waals surface area contributed by atoms with Gasteiger partial charge in [0.25, 0.3) is 0 Å². The van der Waals surface area contributed by atoms with E-state index in [-0.39, 0.29) is 6.61 Å². The molecular weight excluding hydrogens is 160 g/mol. The molecule has 0 saturated carbocycles. The van der Waals surface area contributed by atoms with Crippen molar-refractivity contribution in [1.29, 1.82) is 0 Å². The van der Waals surface area contributed by atoms with Crippen LogP contribution in [-0.4, -0.2) is 34.5 Å². The van der Waals surface area contributed by atoms with E-state index in [2.05, 4.69) is 0 Å². The minimum absolute atomic E-state index is 0.261. The van der Waals surface area contributed by atoms with Gasteiger partial charge in [-0.05, 0) is 27.2 Å². The smallest absolute Gasteiger partial charge is 0.332 e. The van der Waals surface area contributed by atoms with Crippen LogP contribution in [0, 0.1) is 0 Å². The maximum absolute atomic E-state index is 10.3. The van der Waals surface area contributed by atoms with E-state index in [4.69, 9.17) is 9.84 Å². The van der Waals surface area contributed by atoms with Gasteiger partial charge in [-0.3, -0.25) is 0 Å². The van der Waals surface area contributed by atoms with E-state index in [1.165, 1.54) is 6.92 Å². The van der Waals surface area contributed by atoms with Gasteiger partial charge in [0.05, 0.1) is 12.2 Å². The van der Waals surface area contributed by atoms with Gasteiger partial charge < -0.3 is 14.9 Å². The first-order valence-corrected chi connectivity index (χ1v) is 3.90. The molecule has 0 aromatic rings. The Bertz CT molecular complexity index is 148. The number of carboxylic acid groups (broad SMARTS) is 1. The highest BCUT2D eigenvalue weighted by Crippen LogP contribution is 2.07. The van der Waals surface area contributed by atoms with Gasteiger partial charge in [-0.25, -0.2) is 4.79 Å². The van der Waals surface area contributed by atoms with Crippen molar-refractivity contribution in [2.45, 2.75) is 38.9 Å². The zero-order valence-corrected chi connectivity index (χ0v) is 7.70. The van der Waals surface area contributed by atoms with Crippen LogP contribution in [0.15, 0.2) is 0 Å². The number of hydrogen-bond acceptors (Lipinski definition) is 3.